The molecule has 2 atom stereocenters. The molecule has 0 aromatic carbocycles. The van der Waals surface area contributed by atoms with E-state index in [-0.39, 0.29) is 11.9 Å². The van der Waals surface area contributed by atoms with Gasteiger partial charge >= 0.3 is 11.9 Å². The number of unbranched alkanes of at least 4 members (excludes halogenated alkanes) is 4. The van der Waals surface area contributed by atoms with Crippen LogP contribution in [0.2, 0.25) is 0 Å². The number of hydrogen-bond acceptors (Lipinski definition) is 5. The highest BCUT2D eigenvalue weighted by Crippen LogP contribution is 2.04. The zero-order valence-electron chi connectivity index (χ0n) is 16.3. The third-order valence-corrected chi connectivity index (χ3v) is 3.58. The molecule has 0 aliphatic rings. The first-order chi connectivity index (χ1) is 12.6. The van der Waals surface area contributed by atoms with Crippen LogP contribution in [0.3, 0.4) is 0 Å². The lowest BCUT2D eigenvalue weighted by molar-refractivity contribution is -0.141. The molecule has 27 heavy (non-hydrogen) atoms. The lowest BCUT2D eigenvalue weighted by atomic mass is 10.1. The van der Waals surface area contributed by atoms with Gasteiger partial charge in [-0.25, -0.2) is 0 Å². The second-order valence-electron chi connectivity index (χ2n) is 6.22. The fourth-order valence-electron chi connectivity index (χ4n) is 1.93. The average molecular weight is 389 g/mol. The molecule has 0 fully saturated rings. The first-order valence-electron chi connectivity index (χ1n) is 9.20. The Morgan fingerprint density at radius 1 is 1.04 bits per heavy atom. The highest BCUT2D eigenvalue weighted by atomic mass is 16.4. The molecule has 0 aliphatic heterocycles. The number of carbonyl (C=O) groups excluding carboxylic acids is 1. The van der Waals surface area contributed by atoms with E-state index in [2.05, 4.69) is 17.6 Å². The molecule has 1 unspecified atom stereocenters. The summed E-state index contributed by atoms with van der Waals surface area (Å²) in [6.07, 6.45) is 6.83. The van der Waals surface area contributed by atoms with Crippen LogP contribution in [0.15, 0.2) is 0 Å². The number of nitrogens with two attached hydrogens (primary N) is 2. The number of nitrogens with one attached hydrogen (secondary N) is 3. The highest BCUT2D eigenvalue weighted by Gasteiger charge is 2.13. The SMILES string of the molecule is CCCCCCCC(=O)N[C@@H](C)C(=O)O.N=C(N)NCCCC(N)C(=O)O. The van der Waals surface area contributed by atoms with Crippen LogP contribution in [0.5, 0.6) is 0 Å². The zero-order valence-corrected chi connectivity index (χ0v) is 16.3. The highest BCUT2D eigenvalue weighted by molar-refractivity contribution is 5.83. The summed E-state index contributed by atoms with van der Waals surface area (Å²) in [5, 5.41) is 28.7. The van der Waals surface area contributed by atoms with E-state index in [1.165, 1.54) is 19.8 Å². The van der Waals surface area contributed by atoms with Gasteiger partial charge in [0.1, 0.15) is 12.1 Å². The summed E-state index contributed by atoms with van der Waals surface area (Å²) in [6, 6.07) is -1.60. The molecule has 10 heteroatoms. The second kappa shape index (κ2) is 17.1. The number of guanidine groups is 1. The van der Waals surface area contributed by atoms with E-state index in [1.807, 2.05) is 0 Å². The Bertz CT molecular complexity index is 459. The van der Waals surface area contributed by atoms with E-state index in [1.54, 1.807) is 0 Å². The average Bonchev–Trinajstić information content (AvgIpc) is 2.58. The standard InChI is InChI=1S/C11H21NO3.C6H14N4O2/c1-3-4-5-6-7-8-10(13)12-9(2)11(14)15;7-4(5(11)12)2-1-3-10-6(8)9/h9H,3-8H2,1-2H3,(H,12,13)(H,14,15);4H,1-3,7H2,(H,11,12)(H4,8,9,10)/t9-;/m0./s1. The molecular formula is C17H35N5O5. The van der Waals surface area contributed by atoms with Gasteiger partial charge in [-0.15, -0.1) is 0 Å². The second-order valence-corrected chi connectivity index (χ2v) is 6.22. The molecular weight excluding hydrogens is 354 g/mol. The molecule has 0 radical (unpaired) electrons. The molecule has 1 amide bonds. The Morgan fingerprint density at radius 2 is 1.63 bits per heavy atom. The first-order valence-corrected chi connectivity index (χ1v) is 9.20. The topological polar surface area (TPSA) is 192 Å². The van der Waals surface area contributed by atoms with Gasteiger partial charge in [0, 0.05) is 13.0 Å². The normalized spacial score (nSPS) is 12.1. The molecule has 0 rings (SSSR count). The summed E-state index contributed by atoms with van der Waals surface area (Å²) in [5.41, 5.74) is 10.2. The van der Waals surface area contributed by atoms with Gasteiger partial charge in [-0.05, 0) is 26.2 Å². The van der Waals surface area contributed by atoms with Crippen molar-refractivity contribution >= 4 is 23.8 Å². The van der Waals surface area contributed by atoms with Crippen molar-refractivity contribution in [1.82, 2.24) is 10.6 Å². The van der Waals surface area contributed by atoms with Crippen molar-refractivity contribution in [2.75, 3.05) is 6.54 Å². The number of carboxylic acid groups (broad SMARTS) is 2. The maximum absolute atomic E-state index is 11.2. The van der Waals surface area contributed by atoms with Crippen molar-refractivity contribution in [3.05, 3.63) is 0 Å². The molecule has 10 nitrogen and oxygen atoms in total. The lowest BCUT2D eigenvalue weighted by Crippen LogP contribution is -2.38. The predicted octanol–water partition coefficient (Wildman–Crippen LogP) is 0.598. The molecule has 0 aromatic rings. The van der Waals surface area contributed by atoms with Gasteiger partial charge in [0.15, 0.2) is 5.96 Å². The third-order valence-electron chi connectivity index (χ3n) is 3.58. The number of aliphatic carboxylic acids is 2. The van der Waals surface area contributed by atoms with Crippen molar-refractivity contribution < 1.29 is 24.6 Å². The fraction of sp³-hybridized carbons (Fsp3) is 0.765. The van der Waals surface area contributed by atoms with Crippen LogP contribution < -0.4 is 22.1 Å². The quantitative estimate of drug-likeness (QED) is 0.135. The van der Waals surface area contributed by atoms with Gasteiger partial charge in [0.25, 0.3) is 0 Å². The van der Waals surface area contributed by atoms with Gasteiger partial charge in [-0.1, -0.05) is 32.6 Å². The molecule has 0 saturated carbocycles. The van der Waals surface area contributed by atoms with E-state index in [0.717, 1.165) is 19.3 Å². The van der Waals surface area contributed by atoms with E-state index in [0.29, 0.717) is 25.8 Å². The molecule has 9 N–H and O–H groups in total. The Kier molecular flexibility index (Phi) is 17.0. The minimum Gasteiger partial charge on any atom is -0.480 e. The van der Waals surface area contributed by atoms with Crippen molar-refractivity contribution in [3.8, 4) is 0 Å². The molecule has 0 bridgehead atoms. The van der Waals surface area contributed by atoms with Crippen LogP contribution in [-0.4, -0.2) is 52.6 Å². The maximum Gasteiger partial charge on any atom is 0.325 e. The fourth-order valence-corrected chi connectivity index (χ4v) is 1.93. The molecule has 0 saturated heterocycles. The Balaban J connectivity index is 0. The van der Waals surface area contributed by atoms with E-state index < -0.39 is 24.0 Å². The van der Waals surface area contributed by atoms with Crippen LogP contribution >= 0.6 is 0 Å². The number of hydrogen-bond donors (Lipinski definition) is 7. The molecule has 0 aliphatic carbocycles. The number of carbonyl (C=O) groups is 3. The number of carboxylic acids is 2. The summed E-state index contributed by atoms with van der Waals surface area (Å²) in [6.45, 7) is 4.09. The summed E-state index contributed by atoms with van der Waals surface area (Å²) < 4.78 is 0. The molecule has 158 valence electrons. The number of amides is 1. The van der Waals surface area contributed by atoms with Gasteiger partial charge in [0.2, 0.25) is 5.91 Å². The minimum atomic E-state index is -1.00. The van der Waals surface area contributed by atoms with Crippen molar-refractivity contribution in [2.24, 2.45) is 11.5 Å². The third kappa shape index (κ3) is 19.8. The minimum absolute atomic E-state index is 0.112. The van der Waals surface area contributed by atoms with Crippen LogP contribution in [0.4, 0.5) is 0 Å². The summed E-state index contributed by atoms with van der Waals surface area (Å²) in [7, 11) is 0. The Morgan fingerprint density at radius 3 is 2.11 bits per heavy atom. The van der Waals surface area contributed by atoms with E-state index in [9.17, 15) is 14.4 Å². The first kappa shape index (κ1) is 26.9. The van der Waals surface area contributed by atoms with Gasteiger partial charge in [-0.3, -0.25) is 19.8 Å². The van der Waals surface area contributed by atoms with Crippen molar-refractivity contribution in [3.63, 3.8) is 0 Å². The number of rotatable bonds is 13. The summed E-state index contributed by atoms with van der Waals surface area (Å²) in [4.78, 5) is 31.9. The van der Waals surface area contributed by atoms with Gasteiger partial charge < -0.3 is 32.3 Å². The van der Waals surface area contributed by atoms with Crippen molar-refractivity contribution in [1.29, 1.82) is 5.41 Å². The zero-order chi connectivity index (χ0) is 21.2. The Hall–Kier alpha value is -2.36. The largest absolute Gasteiger partial charge is 0.480 e. The summed E-state index contributed by atoms with van der Waals surface area (Å²) >= 11 is 0. The summed E-state index contributed by atoms with van der Waals surface area (Å²) in [5.74, 6) is -2.27. The predicted molar refractivity (Wildman–Crippen MR) is 103 cm³/mol. The van der Waals surface area contributed by atoms with Gasteiger partial charge in [0.05, 0.1) is 0 Å². The van der Waals surface area contributed by atoms with Gasteiger partial charge in [-0.2, -0.15) is 0 Å². The molecule has 0 spiro atoms. The van der Waals surface area contributed by atoms with Crippen LogP contribution in [0.25, 0.3) is 0 Å². The maximum atomic E-state index is 11.2. The van der Waals surface area contributed by atoms with E-state index in [4.69, 9.17) is 27.1 Å². The lowest BCUT2D eigenvalue weighted by Gasteiger charge is -2.08. The smallest absolute Gasteiger partial charge is 0.325 e. The van der Waals surface area contributed by atoms with Crippen LogP contribution in [0, 0.1) is 5.41 Å². The van der Waals surface area contributed by atoms with Crippen LogP contribution in [0.1, 0.15) is 65.2 Å². The van der Waals surface area contributed by atoms with E-state index >= 15 is 0 Å². The van der Waals surface area contributed by atoms with Crippen molar-refractivity contribution in [2.45, 2.75) is 77.3 Å². The monoisotopic (exact) mass is 389 g/mol. The Labute approximate surface area is 160 Å². The van der Waals surface area contributed by atoms with Crippen LogP contribution in [-0.2, 0) is 14.4 Å². The molecule has 0 aromatic heterocycles. The molecule has 0 heterocycles.